The summed E-state index contributed by atoms with van der Waals surface area (Å²) in [5.74, 6) is -1.29. The van der Waals surface area contributed by atoms with Gasteiger partial charge in [0.2, 0.25) is 5.91 Å². The summed E-state index contributed by atoms with van der Waals surface area (Å²) in [5.41, 5.74) is 6.37. The Morgan fingerprint density at radius 1 is 1.17 bits per heavy atom. The monoisotopic (exact) mass is 318 g/mol. The molecule has 0 spiro atoms. The van der Waals surface area contributed by atoms with Crippen molar-refractivity contribution >= 4 is 17.8 Å². The number of esters is 1. The summed E-state index contributed by atoms with van der Waals surface area (Å²) in [6.07, 6.45) is 3.06. The number of likely N-dealkylation sites (tertiary alicyclic amines) is 1. The lowest BCUT2D eigenvalue weighted by atomic mass is 10.0. The van der Waals surface area contributed by atoms with Crippen molar-refractivity contribution in [2.75, 3.05) is 13.2 Å². The lowest BCUT2D eigenvalue weighted by Crippen LogP contribution is -2.51. The molecule has 0 aliphatic carbocycles. The molecule has 6 nitrogen and oxygen atoms in total. The van der Waals surface area contributed by atoms with Crippen LogP contribution in [0.15, 0.2) is 30.3 Å². The normalized spacial score (nSPS) is 17.6. The maximum absolute atomic E-state index is 12.1. The lowest BCUT2D eigenvalue weighted by Gasteiger charge is -2.33. The van der Waals surface area contributed by atoms with Crippen LogP contribution in [-0.2, 0) is 25.5 Å². The van der Waals surface area contributed by atoms with Gasteiger partial charge in [-0.1, -0.05) is 30.3 Å². The van der Waals surface area contributed by atoms with Gasteiger partial charge >= 0.3 is 5.97 Å². The van der Waals surface area contributed by atoms with Crippen LogP contribution in [0.4, 0.5) is 0 Å². The third-order valence-electron chi connectivity index (χ3n) is 3.97. The minimum atomic E-state index is -0.584. The Bertz CT molecular complexity index is 559. The van der Waals surface area contributed by atoms with E-state index in [0.29, 0.717) is 19.4 Å². The van der Waals surface area contributed by atoms with E-state index in [4.69, 9.17) is 10.5 Å². The van der Waals surface area contributed by atoms with Gasteiger partial charge in [-0.15, -0.1) is 0 Å². The molecule has 1 aromatic carbocycles. The number of piperidine rings is 1. The van der Waals surface area contributed by atoms with Gasteiger partial charge in [0.05, 0.1) is 0 Å². The standard InChI is InChI=1S/C17H22N2O4/c18-17(22)14-8-4-5-11-19(14)15(20)12-23-16(21)10-9-13-6-2-1-3-7-13/h1-3,6-7,14H,4-5,8-12H2,(H2,18,22)/t14-/m0/s1. The average molecular weight is 318 g/mol. The summed E-state index contributed by atoms with van der Waals surface area (Å²) >= 11 is 0. The Morgan fingerprint density at radius 2 is 1.91 bits per heavy atom. The summed E-state index contributed by atoms with van der Waals surface area (Å²) < 4.78 is 5.02. The second-order valence-corrected chi connectivity index (χ2v) is 5.65. The third-order valence-corrected chi connectivity index (χ3v) is 3.97. The number of hydrogen-bond acceptors (Lipinski definition) is 4. The van der Waals surface area contributed by atoms with Crippen molar-refractivity contribution in [2.45, 2.75) is 38.1 Å². The van der Waals surface area contributed by atoms with Gasteiger partial charge in [0, 0.05) is 13.0 Å². The van der Waals surface area contributed by atoms with E-state index in [1.165, 1.54) is 4.90 Å². The highest BCUT2D eigenvalue weighted by Gasteiger charge is 2.30. The van der Waals surface area contributed by atoms with Crippen LogP contribution in [0.3, 0.4) is 0 Å². The van der Waals surface area contributed by atoms with Crippen LogP contribution < -0.4 is 5.73 Å². The first-order valence-corrected chi connectivity index (χ1v) is 7.86. The molecule has 0 aromatic heterocycles. The fourth-order valence-corrected chi connectivity index (χ4v) is 2.71. The molecule has 1 heterocycles. The Labute approximate surface area is 135 Å². The Morgan fingerprint density at radius 3 is 2.61 bits per heavy atom. The summed E-state index contributed by atoms with van der Waals surface area (Å²) in [6, 6.07) is 9.01. The highest BCUT2D eigenvalue weighted by atomic mass is 16.5. The zero-order valence-electron chi connectivity index (χ0n) is 13.1. The predicted octanol–water partition coefficient (Wildman–Crippen LogP) is 1.03. The van der Waals surface area contributed by atoms with Crippen molar-refractivity contribution < 1.29 is 19.1 Å². The molecule has 0 bridgehead atoms. The third kappa shape index (κ3) is 5.09. The number of rotatable bonds is 6. The smallest absolute Gasteiger partial charge is 0.306 e. The Balaban J connectivity index is 1.76. The van der Waals surface area contributed by atoms with Crippen LogP contribution in [-0.4, -0.2) is 41.9 Å². The molecule has 2 amide bonds. The second-order valence-electron chi connectivity index (χ2n) is 5.65. The van der Waals surface area contributed by atoms with Gasteiger partial charge in [-0.25, -0.2) is 0 Å². The van der Waals surface area contributed by atoms with E-state index in [9.17, 15) is 14.4 Å². The van der Waals surface area contributed by atoms with E-state index in [1.54, 1.807) is 0 Å². The van der Waals surface area contributed by atoms with Crippen LogP contribution in [0.1, 0.15) is 31.2 Å². The highest BCUT2D eigenvalue weighted by Crippen LogP contribution is 2.17. The molecule has 2 rings (SSSR count). The van der Waals surface area contributed by atoms with E-state index in [2.05, 4.69) is 0 Å². The molecule has 0 unspecified atom stereocenters. The number of nitrogens with two attached hydrogens (primary N) is 1. The molecule has 6 heteroatoms. The van der Waals surface area contributed by atoms with Crippen LogP contribution in [0.5, 0.6) is 0 Å². The predicted molar refractivity (Wildman–Crippen MR) is 84.3 cm³/mol. The largest absolute Gasteiger partial charge is 0.456 e. The van der Waals surface area contributed by atoms with Gasteiger partial charge in [0.25, 0.3) is 5.91 Å². The van der Waals surface area contributed by atoms with Crippen molar-refractivity contribution in [3.63, 3.8) is 0 Å². The quantitative estimate of drug-likeness (QED) is 0.793. The van der Waals surface area contributed by atoms with Gasteiger partial charge in [-0.3, -0.25) is 14.4 Å². The van der Waals surface area contributed by atoms with Gasteiger partial charge in [0.1, 0.15) is 6.04 Å². The molecular formula is C17H22N2O4. The topological polar surface area (TPSA) is 89.7 Å². The van der Waals surface area contributed by atoms with Crippen LogP contribution >= 0.6 is 0 Å². The van der Waals surface area contributed by atoms with Crippen LogP contribution in [0.25, 0.3) is 0 Å². The second kappa shape index (κ2) is 8.31. The van der Waals surface area contributed by atoms with Gasteiger partial charge in [0.15, 0.2) is 6.61 Å². The fraction of sp³-hybridized carbons (Fsp3) is 0.471. The molecule has 1 aliphatic rings. The zero-order valence-corrected chi connectivity index (χ0v) is 13.1. The average Bonchev–Trinajstić information content (AvgIpc) is 2.58. The fourth-order valence-electron chi connectivity index (χ4n) is 2.71. The molecule has 23 heavy (non-hydrogen) atoms. The number of hydrogen-bond donors (Lipinski definition) is 1. The minimum absolute atomic E-state index is 0.219. The molecule has 124 valence electrons. The number of primary amides is 1. The summed E-state index contributed by atoms with van der Waals surface area (Å²) in [4.78, 5) is 36.7. The number of carbonyl (C=O) groups is 3. The van der Waals surface area contributed by atoms with Crippen molar-refractivity contribution in [1.29, 1.82) is 0 Å². The van der Waals surface area contributed by atoms with Crippen LogP contribution in [0, 0.1) is 0 Å². The molecule has 0 radical (unpaired) electrons. The van der Waals surface area contributed by atoms with E-state index < -0.39 is 17.9 Å². The summed E-state index contributed by atoms with van der Waals surface area (Å²) in [7, 11) is 0. The number of carbonyl (C=O) groups excluding carboxylic acids is 3. The summed E-state index contributed by atoms with van der Waals surface area (Å²) in [5, 5.41) is 0. The SMILES string of the molecule is NC(=O)[C@@H]1CCCCN1C(=O)COC(=O)CCc1ccccc1. The first-order chi connectivity index (χ1) is 11.1. The minimum Gasteiger partial charge on any atom is -0.456 e. The number of nitrogens with zero attached hydrogens (tertiary/aromatic N) is 1. The molecule has 1 saturated heterocycles. The van der Waals surface area contributed by atoms with E-state index in [-0.39, 0.29) is 18.9 Å². The van der Waals surface area contributed by atoms with E-state index in [0.717, 1.165) is 18.4 Å². The first-order valence-electron chi connectivity index (χ1n) is 7.86. The molecule has 1 fully saturated rings. The number of amides is 2. The molecule has 2 N–H and O–H groups in total. The number of aryl methyl sites for hydroxylation is 1. The molecular weight excluding hydrogens is 296 g/mol. The van der Waals surface area contributed by atoms with Crippen molar-refractivity contribution in [3.05, 3.63) is 35.9 Å². The van der Waals surface area contributed by atoms with Crippen molar-refractivity contribution in [2.24, 2.45) is 5.73 Å². The number of ether oxygens (including phenoxy) is 1. The molecule has 0 saturated carbocycles. The molecule has 1 atom stereocenters. The van der Waals surface area contributed by atoms with Crippen LogP contribution in [0.2, 0.25) is 0 Å². The molecule has 1 aliphatic heterocycles. The maximum atomic E-state index is 12.1. The lowest BCUT2D eigenvalue weighted by molar-refractivity contribution is -0.154. The summed E-state index contributed by atoms with van der Waals surface area (Å²) in [6.45, 7) is 0.144. The highest BCUT2D eigenvalue weighted by molar-refractivity contribution is 5.88. The Kier molecular flexibility index (Phi) is 6.14. The molecule has 1 aromatic rings. The van der Waals surface area contributed by atoms with E-state index >= 15 is 0 Å². The van der Waals surface area contributed by atoms with Crippen molar-refractivity contribution in [1.82, 2.24) is 4.90 Å². The Hall–Kier alpha value is -2.37. The van der Waals surface area contributed by atoms with Gasteiger partial charge in [-0.2, -0.15) is 0 Å². The zero-order chi connectivity index (χ0) is 16.7. The maximum Gasteiger partial charge on any atom is 0.306 e. The van der Waals surface area contributed by atoms with E-state index in [1.807, 2.05) is 30.3 Å². The first kappa shape index (κ1) is 17.0. The van der Waals surface area contributed by atoms with Gasteiger partial charge in [-0.05, 0) is 31.2 Å². The number of benzene rings is 1. The van der Waals surface area contributed by atoms with Crippen molar-refractivity contribution in [3.8, 4) is 0 Å². The van der Waals surface area contributed by atoms with Gasteiger partial charge < -0.3 is 15.4 Å².